The summed E-state index contributed by atoms with van der Waals surface area (Å²) < 4.78 is 12.5. The van der Waals surface area contributed by atoms with Crippen molar-refractivity contribution in [3.05, 3.63) is 18.0 Å². The van der Waals surface area contributed by atoms with Crippen molar-refractivity contribution >= 4 is 17.0 Å². The maximum absolute atomic E-state index is 11.4. The number of aliphatic carboxylic acids is 1. The Morgan fingerprint density at radius 1 is 1.33 bits per heavy atom. The number of benzene rings is 1. The van der Waals surface area contributed by atoms with Gasteiger partial charge in [0, 0.05) is 18.6 Å². The van der Waals surface area contributed by atoms with Crippen LogP contribution in [0.15, 0.2) is 12.1 Å². The van der Waals surface area contributed by atoms with Crippen LogP contribution in [-0.2, 0) is 11.2 Å². The van der Waals surface area contributed by atoms with E-state index >= 15 is 0 Å². The van der Waals surface area contributed by atoms with Gasteiger partial charge in [0.25, 0.3) is 0 Å². The molecule has 0 bridgehead atoms. The van der Waals surface area contributed by atoms with Crippen LogP contribution in [0.25, 0.3) is 11.0 Å². The lowest BCUT2D eigenvalue weighted by Crippen LogP contribution is -2.18. The van der Waals surface area contributed by atoms with Crippen LogP contribution in [0.2, 0.25) is 0 Å². The van der Waals surface area contributed by atoms with Gasteiger partial charge in [-0.3, -0.25) is 0 Å². The first-order chi connectivity index (χ1) is 9.97. The summed E-state index contributed by atoms with van der Waals surface area (Å²) in [4.78, 5) is 16.0. The third-order valence-electron chi connectivity index (χ3n) is 3.59. The molecule has 1 unspecified atom stereocenters. The molecule has 0 spiro atoms. The fourth-order valence-corrected chi connectivity index (χ4v) is 2.59. The second-order valence-corrected chi connectivity index (χ2v) is 5.70. The van der Waals surface area contributed by atoms with E-state index in [1.54, 1.807) is 11.5 Å². The van der Waals surface area contributed by atoms with Gasteiger partial charge < -0.3 is 19.1 Å². The Labute approximate surface area is 122 Å². The zero-order valence-electron chi connectivity index (χ0n) is 12.3. The van der Waals surface area contributed by atoms with Gasteiger partial charge in [-0.2, -0.15) is 0 Å². The molecule has 0 aliphatic carbocycles. The van der Waals surface area contributed by atoms with Crippen LogP contribution in [0.5, 0.6) is 11.5 Å². The highest BCUT2D eigenvalue weighted by Crippen LogP contribution is 2.37. The molecule has 2 heterocycles. The van der Waals surface area contributed by atoms with E-state index in [4.69, 9.17) is 9.47 Å². The van der Waals surface area contributed by atoms with E-state index in [1.165, 1.54) is 0 Å². The molecule has 21 heavy (non-hydrogen) atoms. The van der Waals surface area contributed by atoms with E-state index in [2.05, 4.69) is 18.8 Å². The number of ether oxygens (including phenoxy) is 2. The molecule has 1 aliphatic rings. The van der Waals surface area contributed by atoms with Crippen LogP contribution in [0.3, 0.4) is 0 Å². The van der Waals surface area contributed by atoms with Gasteiger partial charge in [-0.25, -0.2) is 9.78 Å². The highest BCUT2D eigenvalue weighted by molar-refractivity contribution is 5.83. The van der Waals surface area contributed by atoms with Gasteiger partial charge in [0.05, 0.1) is 11.0 Å². The average molecular weight is 290 g/mol. The highest BCUT2D eigenvalue weighted by atomic mass is 16.7. The largest absolute Gasteiger partial charge is 0.480 e. The van der Waals surface area contributed by atoms with Crippen molar-refractivity contribution in [2.24, 2.45) is 5.92 Å². The number of rotatable bonds is 4. The summed E-state index contributed by atoms with van der Waals surface area (Å²) in [6.45, 7) is 6.02. The molecular weight excluding hydrogens is 272 g/mol. The zero-order chi connectivity index (χ0) is 15.1. The van der Waals surface area contributed by atoms with Crippen LogP contribution < -0.4 is 9.47 Å². The molecule has 1 atom stereocenters. The van der Waals surface area contributed by atoms with Crippen molar-refractivity contribution < 1.29 is 19.4 Å². The predicted octanol–water partition coefficient (Wildman–Crippen LogP) is 2.61. The van der Waals surface area contributed by atoms with Crippen LogP contribution in [0.1, 0.15) is 32.6 Å². The van der Waals surface area contributed by atoms with Crippen molar-refractivity contribution in [2.45, 2.75) is 33.2 Å². The molecule has 3 rings (SSSR count). The molecule has 0 saturated heterocycles. The molecular formula is C15H18N2O4. The maximum atomic E-state index is 11.4. The van der Waals surface area contributed by atoms with E-state index in [9.17, 15) is 9.90 Å². The van der Waals surface area contributed by atoms with Crippen LogP contribution in [0, 0.1) is 5.92 Å². The third kappa shape index (κ3) is 2.30. The first-order valence-electron chi connectivity index (χ1n) is 7.00. The Bertz CT molecular complexity index is 705. The summed E-state index contributed by atoms with van der Waals surface area (Å²) in [6.07, 6.45) is 0.721. The zero-order valence-corrected chi connectivity index (χ0v) is 12.3. The summed E-state index contributed by atoms with van der Waals surface area (Å²) >= 11 is 0. The fraction of sp³-hybridized carbons (Fsp3) is 0.467. The van der Waals surface area contributed by atoms with Crippen LogP contribution in [0.4, 0.5) is 0 Å². The summed E-state index contributed by atoms with van der Waals surface area (Å²) in [5, 5.41) is 9.36. The van der Waals surface area contributed by atoms with Gasteiger partial charge in [-0.1, -0.05) is 13.8 Å². The minimum atomic E-state index is -0.878. The number of hydrogen-bond donors (Lipinski definition) is 1. The van der Waals surface area contributed by atoms with Crippen molar-refractivity contribution in [3.63, 3.8) is 0 Å². The molecule has 0 saturated carbocycles. The number of carbonyl (C=O) groups is 1. The van der Waals surface area contributed by atoms with Gasteiger partial charge in [-0.15, -0.1) is 0 Å². The summed E-state index contributed by atoms with van der Waals surface area (Å²) in [5.41, 5.74) is 1.51. The number of carboxylic acids is 1. The standard InChI is InChI=1S/C15H18N2O4/c1-8(2)4-14-16-10-5-12-13(21-7-20-12)6-11(10)17(14)9(3)15(18)19/h5-6,8-9H,4,7H2,1-3H3,(H,18,19). The lowest BCUT2D eigenvalue weighted by atomic mass is 10.1. The molecule has 2 aromatic rings. The summed E-state index contributed by atoms with van der Waals surface area (Å²) in [5.74, 6) is 1.58. The van der Waals surface area contributed by atoms with Crippen molar-refractivity contribution in [1.82, 2.24) is 9.55 Å². The van der Waals surface area contributed by atoms with Gasteiger partial charge >= 0.3 is 5.97 Å². The molecule has 0 fully saturated rings. The molecule has 1 aromatic heterocycles. The maximum Gasteiger partial charge on any atom is 0.326 e. The molecule has 6 heteroatoms. The minimum Gasteiger partial charge on any atom is -0.480 e. The number of carboxylic acid groups (broad SMARTS) is 1. The Balaban J connectivity index is 2.20. The number of imidazole rings is 1. The molecule has 0 radical (unpaired) electrons. The average Bonchev–Trinajstić information content (AvgIpc) is 2.97. The Morgan fingerprint density at radius 3 is 2.62 bits per heavy atom. The lowest BCUT2D eigenvalue weighted by Gasteiger charge is -2.14. The van der Waals surface area contributed by atoms with Crippen molar-refractivity contribution in [1.29, 1.82) is 0 Å². The highest BCUT2D eigenvalue weighted by Gasteiger charge is 2.24. The summed E-state index contributed by atoms with van der Waals surface area (Å²) in [6, 6.07) is 2.95. The quantitative estimate of drug-likeness (QED) is 0.937. The van der Waals surface area contributed by atoms with E-state index in [-0.39, 0.29) is 6.79 Å². The number of aromatic nitrogens is 2. The van der Waals surface area contributed by atoms with Gasteiger partial charge in [0.15, 0.2) is 11.5 Å². The first kappa shape index (κ1) is 13.7. The first-order valence-corrected chi connectivity index (χ1v) is 7.00. The number of fused-ring (bicyclic) bond motifs is 2. The molecule has 1 N–H and O–H groups in total. The second-order valence-electron chi connectivity index (χ2n) is 5.70. The lowest BCUT2D eigenvalue weighted by molar-refractivity contribution is -0.140. The monoisotopic (exact) mass is 290 g/mol. The van der Waals surface area contributed by atoms with E-state index in [0.717, 1.165) is 23.3 Å². The Kier molecular flexibility index (Phi) is 3.23. The normalized spacial score (nSPS) is 14.9. The van der Waals surface area contributed by atoms with Crippen molar-refractivity contribution in [2.75, 3.05) is 6.79 Å². The van der Waals surface area contributed by atoms with E-state index < -0.39 is 12.0 Å². The van der Waals surface area contributed by atoms with Gasteiger partial charge in [0.2, 0.25) is 6.79 Å². The number of nitrogens with zero attached hydrogens (tertiary/aromatic N) is 2. The predicted molar refractivity (Wildman–Crippen MR) is 76.7 cm³/mol. The number of hydrogen-bond acceptors (Lipinski definition) is 4. The van der Waals surface area contributed by atoms with Crippen molar-refractivity contribution in [3.8, 4) is 11.5 Å². The van der Waals surface area contributed by atoms with Crippen LogP contribution >= 0.6 is 0 Å². The molecule has 1 aliphatic heterocycles. The van der Waals surface area contributed by atoms with Crippen LogP contribution in [-0.4, -0.2) is 27.4 Å². The van der Waals surface area contributed by atoms with Gasteiger partial charge in [0.1, 0.15) is 11.9 Å². The fourth-order valence-electron chi connectivity index (χ4n) is 2.59. The summed E-state index contributed by atoms with van der Waals surface area (Å²) in [7, 11) is 0. The van der Waals surface area contributed by atoms with E-state index in [1.807, 2.05) is 12.1 Å². The molecule has 1 aromatic carbocycles. The van der Waals surface area contributed by atoms with Gasteiger partial charge in [-0.05, 0) is 12.8 Å². The second kappa shape index (κ2) is 4.95. The Morgan fingerprint density at radius 2 is 2.00 bits per heavy atom. The smallest absolute Gasteiger partial charge is 0.326 e. The van der Waals surface area contributed by atoms with E-state index in [0.29, 0.717) is 17.4 Å². The Hall–Kier alpha value is -2.24. The minimum absolute atomic E-state index is 0.190. The SMILES string of the molecule is CC(C)Cc1nc2cc3c(cc2n1C(C)C(=O)O)OCO3. The topological polar surface area (TPSA) is 73.6 Å². The molecule has 112 valence electrons. The molecule has 0 amide bonds. The third-order valence-corrected chi connectivity index (χ3v) is 3.59. The molecule has 6 nitrogen and oxygen atoms in total.